The quantitative estimate of drug-likeness (QED) is 0.791. The van der Waals surface area contributed by atoms with Crippen LogP contribution in [0.3, 0.4) is 0 Å². The molecule has 2 heterocycles. The van der Waals surface area contributed by atoms with E-state index < -0.39 is 0 Å². The molecule has 0 saturated carbocycles. The first-order chi connectivity index (χ1) is 8.28. The molecule has 0 aromatic rings. The highest BCUT2D eigenvalue weighted by atomic mass is 16.5. The van der Waals surface area contributed by atoms with Crippen LogP contribution in [-0.4, -0.2) is 51.2 Å². The summed E-state index contributed by atoms with van der Waals surface area (Å²) in [6, 6.07) is 0.571. The third kappa shape index (κ3) is 3.41. The van der Waals surface area contributed by atoms with E-state index in [0.717, 1.165) is 52.0 Å². The minimum absolute atomic E-state index is 0.0972. The summed E-state index contributed by atoms with van der Waals surface area (Å²) in [4.78, 5) is 0. The van der Waals surface area contributed by atoms with Crippen molar-refractivity contribution in [1.82, 2.24) is 5.32 Å². The molecule has 0 aromatic carbocycles. The van der Waals surface area contributed by atoms with Gasteiger partial charge in [0.2, 0.25) is 0 Å². The monoisotopic (exact) mass is 243 g/mol. The van der Waals surface area contributed by atoms with Crippen molar-refractivity contribution in [1.29, 1.82) is 0 Å². The van der Waals surface area contributed by atoms with Gasteiger partial charge >= 0.3 is 0 Å². The van der Waals surface area contributed by atoms with Crippen LogP contribution in [0.25, 0.3) is 0 Å². The van der Waals surface area contributed by atoms with Crippen LogP contribution >= 0.6 is 0 Å². The molecule has 2 rings (SSSR count). The fourth-order valence-electron chi connectivity index (χ4n) is 2.64. The molecule has 0 aromatic heterocycles. The topological polar surface area (TPSA) is 39.7 Å². The summed E-state index contributed by atoms with van der Waals surface area (Å²) in [6.07, 6.45) is 4.77. The first-order valence-electron chi connectivity index (χ1n) is 6.76. The zero-order valence-corrected chi connectivity index (χ0v) is 11.0. The molecule has 2 fully saturated rings. The molecule has 0 bridgehead atoms. The lowest BCUT2D eigenvalue weighted by atomic mass is 9.98. The molecule has 0 radical (unpaired) electrons. The lowest BCUT2D eigenvalue weighted by molar-refractivity contribution is -0.0299. The van der Waals surface area contributed by atoms with Crippen molar-refractivity contribution in [3.8, 4) is 0 Å². The highest BCUT2D eigenvalue weighted by Crippen LogP contribution is 2.23. The number of methoxy groups -OCH3 is 1. The van der Waals surface area contributed by atoms with E-state index in [1.165, 1.54) is 0 Å². The Morgan fingerprint density at radius 1 is 1.41 bits per heavy atom. The van der Waals surface area contributed by atoms with Gasteiger partial charge in [-0.15, -0.1) is 0 Å². The van der Waals surface area contributed by atoms with E-state index >= 15 is 0 Å². The molecule has 2 aliphatic rings. The maximum Gasteiger partial charge on any atom is 0.106 e. The maximum absolute atomic E-state index is 5.68. The van der Waals surface area contributed by atoms with Gasteiger partial charge in [0.15, 0.2) is 0 Å². The Kier molecular flexibility index (Phi) is 4.79. The number of hydrogen-bond acceptors (Lipinski definition) is 4. The lowest BCUT2D eigenvalue weighted by Crippen LogP contribution is -2.48. The molecular weight excluding hydrogens is 218 g/mol. The second kappa shape index (κ2) is 6.14. The molecule has 1 N–H and O–H groups in total. The Bertz CT molecular complexity index is 229. The van der Waals surface area contributed by atoms with Gasteiger partial charge in [0.25, 0.3) is 0 Å². The lowest BCUT2D eigenvalue weighted by Gasteiger charge is -2.33. The smallest absolute Gasteiger partial charge is 0.106 e. The van der Waals surface area contributed by atoms with E-state index in [1.807, 2.05) is 0 Å². The Morgan fingerprint density at radius 2 is 2.29 bits per heavy atom. The van der Waals surface area contributed by atoms with Gasteiger partial charge in [-0.05, 0) is 19.3 Å². The highest BCUT2D eigenvalue weighted by Gasteiger charge is 2.35. The van der Waals surface area contributed by atoms with Crippen LogP contribution in [0.15, 0.2) is 0 Å². The Labute approximate surface area is 104 Å². The largest absolute Gasteiger partial charge is 0.378 e. The van der Waals surface area contributed by atoms with Crippen molar-refractivity contribution in [2.24, 2.45) is 0 Å². The van der Waals surface area contributed by atoms with E-state index in [4.69, 9.17) is 14.2 Å². The van der Waals surface area contributed by atoms with Crippen molar-refractivity contribution in [3.05, 3.63) is 0 Å². The van der Waals surface area contributed by atoms with Crippen LogP contribution in [0, 0.1) is 0 Å². The molecular formula is C13H25NO3. The molecule has 4 nitrogen and oxygen atoms in total. The number of nitrogens with one attached hydrogen (secondary N) is 1. The minimum atomic E-state index is -0.0972. The van der Waals surface area contributed by atoms with Gasteiger partial charge in [-0.1, -0.05) is 6.92 Å². The highest BCUT2D eigenvalue weighted by molar-refractivity contribution is 4.89. The van der Waals surface area contributed by atoms with Crippen molar-refractivity contribution in [2.75, 3.05) is 33.5 Å². The number of hydrogen-bond donors (Lipinski definition) is 1. The molecule has 17 heavy (non-hydrogen) atoms. The summed E-state index contributed by atoms with van der Waals surface area (Å²) in [5.41, 5.74) is -0.0972. The van der Waals surface area contributed by atoms with Crippen LogP contribution in [0.4, 0.5) is 0 Å². The van der Waals surface area contributed by atoms with Gasteiger partial charge in [-0.25, -0.2) is 0 Å². The van der Waals surface area contributed by atoms with Crippen molar-refractivity contribution >= 4 is 0 Å². The van der Waals surface area contributed by atoms with Gasteiger partial charge in [-0.3, -0.25) is 0 Å². The van der Waals surface area contributed by atoms with Gasteiger partial charge in [0.1, 0.15) is 5.60 Å². The SMILES string of the molecule is CCC1CC(NCC2(OC)CCOC2)CCO1. The minimum Gasteiger partial charge on any atom is -0.378 e. The average Bonchev–Trinajstić information content (AvgIpc) is 2.86. The normalized spacial score (nSPS) is 38.5. The van der Waals surface area contributed by atoms with Crippen LogP contribution in [0.2, 0.25) is 0 Å². The summed E-state index contributed by atoms with van der Waals surface area (Å²) < 4.78 is 16.8. The Balaban J connectivity index is 1.76. The summed E-state index contributed by atoms with van der Waals surface area (Å²) in [7, 11) is 1.79. The standard InChI is InChI=1S/C13H25NO3/c1-3-12-8-11(4-6-17-12)14-9-13(15-2)5-7-16-10-13/h11-12,14H,3-10H2,1-2H3. The van der Waals surface area contributed by atoms with E-state index in [2.05, 4.69) is 12.2 Å². The molecule has 2 saturated heterocycles. The van der Waals surface area contributed by atoms with E-state index in [1.54, 1.807) is 7.11 Å². The number of rotatable bonds is 5. The van der Waals surface area contributed by atoms with Gasteiger partial charge < -0.3 is 19.5 Å². The van der Waals surface area contributed by atoms with Crippen LogP contribution in [-0.2, 0) is 14.2 Å². The maximum atomic E-state index is 5.68. The summed E-state index contributed by atoms with van der Waals surface area (Å²) >= 11 is 0. The molecule has 0 aliphatic carbocycles. The second-order valence-electron chi connectivity index (χ2n) is 5.19. The predicted molar refractivity (Wildman–Crippen MR) is 66.2 cm³/mol. The van der Waals surface area contributed by atoms with Crippen LogP contribution < -0.4 is 5.32 Å². The Morgan fingerprint density at radius 3 is 2.94 bits per heavy atom. The van der Waals surface area contributed by atoms with Gasteiger partial charge in [0, 0.05) is 39.3 Å². The zero-order chi connectivity index (χ0) is 12.1. The second-order valence-corrected chi connectivity index (χ2v) is 5.19. The van der Waals surface area contributed by atoms with Crippen LogP contribution in [0.5, 0.6) is 0 Å². The molecule has 4 heteroatoms. The molecule has 100 valence electrons. The van der Waals surface area contributed by atoms with Crippen LogP contribution in [0.1, 0.15) is 32.6 Å². The molecule has 3 unspecified atom stereocenters. The zero-order valence-electron chi connectivity index (χ0n) is 11.0. The molecule has 3 atom stereocenters. The molecule has 2 aliphatic heterocycles. The van der Waals surface area contributed by atoms with E-state index in [0.29, 0.717) is 12.1 Å². The average molecular weight is 243 g/mol. The summed E-state index contributed by atoms with van der Waals surface area (Å²) in [5, 5.41) is 3.63. The third-order valence-corrected chi connectivity index (χ3v) is 4.04. The molecule has 0 amide bonds. The van der Waals surface area contributed by atoms with E-state index in [9.17, 15) is 0 Å². The van der Waals surface area contributed by atoms with Crippen molar-refractivity contribution < 1.29 is 14.2 Å². The first kappa shape index (κ1) is 13.3. The third-order valence-electron chi connectivity index (χ3n) is 4.04. The van der Waals surface area contributed by atoms with Crippen molar-refractivity contribution in [3.63, 3.8) is 0 Å². The van der Waals surface area contributed by atoms with Gasteiger partial charge in [-0.2, -0.15) is 0 Å². The predicted octanol–water partition coefficient (Wildman–Crippen LogP) is 1.34. The molecule has 0 spiro atoms. The summed E-state index contributed by atoms with van der Waals surface area (Å²) in [6.45, 7) is 5.50. The Hall–Kier alpha value is -0.160. The first-order valence-corrected chi connectivity index (χ1v) is 6.76. The van der Waals surface area contributed by atoms with Gasteiger partial charge in [0.05, 0.1) is 12.7 Å². The fourth-order valence-corrected chi connectivity index (χ4v) is 2.64. The number of ether oxygens (including phenoxy) is 3. The van der Waals surface area contributed by atoms with E-state index in [-0.39, 0.29) is 5.60 Å². The van der Waals surface area contributed by atoms with Crippen molar-refractivity contribution in [2.45, 2.75) is 50.4 Å². The summed E-state index contributed by atoms with van der Waals surface area (Å²) in [5.74, 6) is 0. The fraction of sp³-hybridized carbons (Fsp3) is 1.00.